The molecular formula is C23H27N3O4. The fourth-order valence-corrected chi connectivity index (χ4v) is 4.07. The zero-order chi connectivity index (χ0) is 21.0. The highest BCUT2D eigenvalue weighted by Crippen LogP contribution is 2.34. The maximum atomic E-state index is 12.3. The van der Waals surface area contributed by atoms with Crippen LogP contribution < -0.4 is 10.6 Å². The third-order valence-corrected chi connectivity index (χ3v) is 6.03. The van der Waals surface area contributed by atoms with Crippen LogP contribution in [0.4, 0.5) is 10.5 Å². The fraction of sp³-hybridized carbons (Fsp3) is 0.391. The van der Waals surface area contributed by atoms with Crippen molar-refractivity contribution < 1.29 is 19.1 Å². The summed E-state index contributed by atoms with van der Waals surface area (Å²) in [5, 5.41) is 0. The van der Waals surface area contributed by atoms with Gasteiger partial charge in [-0.3, -0.25) is 4.79 Å². The maximum Gasteiger partial charge on any atom is 0.410 e. The van der Waals surface area contributed by atoms with Gasteiger partial charge in [0, 0.05) is 44.8 Å². The first-order valence-corrected chi connectivity index (χ1v) is 10.3. The number of nitrogens with zero attached hydrogens (tertiary/aromatic N) is 2. The smallest absolute Gasteiger partial charge is 0.410 e. The van der Waals surface area contributed by atoms with Crippen molar-refractivity contribution in [3.05, 3.63) is 65.7 Å². The summed E-state index contributed by atoms with van der Waals surface area (Å²) in [7, 11) is 0. The van der Waals surface area contributed by atoms with E-state index in [1.807, 2.05) is 54.6 Å². The minimum atomic E-state index is -0.722. The predicted octanol–water partition coefficient (Wildman–Crippen LogP) is 2.29. The van der Waals surface area contributed by atoms with E-state index < -0.39 is 5.41 Å². The Hall–Kier alpha value is -3.06. The van der Waals surface area contributed by atoms with E-state index >= 15 is 0 Å². The zero-order valence-electron chi connectivity index (χ0n) is 17.0. The molecule has 0 radical (unpaired) electrons. The molecule has 1 unspecified atom stereocenters. The van der Waals surface area contributed by atoms with E-state index in [2.05, 4.69) is 4.90 Å². The first-order chi connectivity index (χ1) is 14.6. The monoisotopic (exact) mass is 409 g/mol. The van der Waals surface area contributed by atoms with Crippen molar-refractivity contribution in [3.63, 3.8) is 0 Å². The Morgan fingerprint density at radius 3 is 2.33 bits per heavy atom. The molecule has 2 aromatic carbocycles. The minimum Gasteiger partial charge on any atom is -0.465 e. The highest BCUT2D eigenvalue weighted by molar-refractivity contribution is 5.85. The molecule has 7 nitrogen and oxygen atoms in total. The van der Waals surface area contributed by atoms with Gasteiger partial charge in [-0.15, -0.1) is 0 Å². The number of ether oxygens (including phenoxy) is 2. The van der Waals surface area contributed by atoms with Gasteiger partial charge in [-0.1, -0.05) is 42.5 Å². The standard InChI is InChI=1S/C23H27N3O4/c24-17-23(10-15-29-21(23)27)19-6-8-20(9-7-19)25-11-13-26(14-12-25)22(28)30-16-18-4-2-1-3-5-18/h1-9H,10-17,24H2. The van der Waals surface area contributed by atoms with E-state index in [4.69, 9.17) is 15.2 Å². The second-order valence-electron chi connectivity index (χ2n) is 7.73. The molecule has 2 N–H and O–H groups in total. The fourth-order valence-electron chi connectivity index (χ4n) is 4.07. The molecule has 0 bridgehead atoms. The predicted molar refractivity (Wildman–Crippen MR) is 113 cm³/mol. The number of cyclic esters (lactones) is 1. The second-order valence-corrected chi connectivity index (χ2v) is 7.73. The molecule has 0 aliphatic carbocycles. The van der Waals surface area contributed by atoms with Gasteiger partial charge in [-0.25, -0.2) is 4.79 Å². The van der Waals surface area contributed by atoms with Crippen LogP contribution >= 0.6 is 0 Å². The van der Waals surface area contributed by atoms with Crippen LogP contribution in [0.5, 0.6) is 0 Å². The lowest BCUT2D eigenvalue weighted by Gasteiger charge is -2.35. The maximum absolute atomic E-state index is 12.3. The van der Waals surface area contributed by atoms with Crippen LogP contribution in [0.1, 0.15) is 17.5 Å². The van der Waals surface area contributed by atoms with Crippen LogP contribution in [0.15, 0.2) is 54.6 Å². The summed E-state index contributed by atoms with van der Waals surface area (Å²) in [6.07, 6.45) is 0.337. The summed E-state index contributed by atoms with van der Waals surface area (Å²) in [4.78, 5) is 28.5. The Kier molecular flexibility index (Phi) is 5.90. The molecule has 2 aliphatic rings. The first kappa shape index (κ1) is 20.2. The average Bonchev–Trinajstić information content (AvgIpc) is 3.19. The lowest BCUT2D eigenvalue weighted by atomic mass is 9.79. The van der Waals surface area contributed by atoms with Gasteiger partial charge in [-0.05, 0) is 23.3 Å². The summed E-state index contributed by atoms with van der Waals surface area (Å²) >= 11 is 0. The lowest BCUT2D eigenvalue weighted by molar-refractivity contribution is -0.142. The number of piperazine rings is 1. The molecule has 1 atom stereocenters. The van der Waals surface area contributed by atoms with Crippen molar-refractivity contribution in [1.82, 2.24) is 4.90 Å². The van der Waals surface area contributed by atoms with Gasteiger partial charge < -0.3 is 25.0 Å². The van der Waals surface area contributed by atoms with Gasteiger partial charge in [-0.2, -0.15) is 0 Å². The largest absolute Gasteiger partial charge is 0.465 e. The molecule has 7 heteroatoms. The number of esters is 1. The van der Waals surface area contributed by atoms with E-state index in [1.54, 1.807) is 4.90 Å². The summed E-state index contributed by atoms with van der Waals surface area (Å²) < 4.78 is 10.6. The topological polar surface area (TPSA) is 85.1 Å². The van der Waals surface area contributed by atoms with E-state index in [1.165, 1.54) is 0 Å². The van der Waals surface area contributed by atoms with Gasteiger partial charge in [0.2, 0.25) is 0 Å². The summed E-state index contributed by atoms with van der Waals surface area (Å²) in [6, 6.07) is 17.6. The van der Waals surface area contributed by atoms with Gasteiger partial charge in [0.05, 0.1) is 6.61 Å². The number of carbonyl (C=O) groups is 2. The number of carbonyl (C=O) groups excluding carboxylic acids is 2. The van der Waals surface area contributed by atoms with Crippen molar-refractivity contribution in [2.24, 2.45) is 5.73 Å². The molecule has 0 spiro atoms. The highest BCUT2D eigenvalue weighted by atomic mass is 16.6. The van der Waals surface area contributed by atoms with Crippen LogP contribution in [0.2, 0.25) is 0 Å². The van der Waals surface area contributed by atoms with E-state index in [9.17, 15) is 9.59 Å². The van der Waals surface area contributed by atoms with Crippen molar-refractivity contribution in [3.8, 4) is 0 Å². The van der Waals surface area contributed by atoms with Crippen LogP contribution in [-0.2, 0) is 26.3 Å². The normalized spacial score (nSPS) is 21.4. The third kappa shape index (κ3) is 3.98. The van der Waals surface area contributed by atoms with Gasteiger partial charge >= 0.3 is 12.1 Å². The van der Waals surface area contributed by atoms with Gasteiger partial charge in [0.15, 0.2) is 0 Å². The molecular weight excluding hydrogens is 382 g/mol. The third-order valence-electron chi connectivity index (χ3n) is 6.03. The number of hydrogen-bond donors (Lipinski definition) is 1. The quantitative estimate of drug-likeness (QED) is 0.763. The van der Waals surface area contributed by atoms with Gasteiger partial charge in [0.1, 0.15) is 12.0 Å². The van der Waals surface area contributed by atoms with Crippen LogP contribution in [-0.4, -0.2) is 56.3 Å². The number of benzene rings is 2. The molecule has 2 aliphatic heterocycles. The Balaban J connectivity index is 1.32. The number of nitrogens with two attached hydrogens (primary N) is 1. The summed E-state index contributed by atoms with van der Waals surface area (Å²) in [5.74, 6) is -0.236. The van der Waals surface area contributed by atoms with Crippen molar-refractivity contribution in [2.75, 3.05) is 44.2 Å². The first-order valence-electron chi connectivity index (χ1n) is 10.3. The zero-order valence-corrected chi connectivity index (χ0v) is 17.0. The average molecular weight is 409 g/mol. The lowest BCUT2D eigenvalue weighted by Crippen LogP contribution is -2.49. The van der Waals surface area contributed by atoms with Crippen LogP contribution in [0.25, 0.3) is 0 Å². The van der Waals surface area contributed by atoms with E-state index in [0.717, 1.165) is 29.9 Å². The molecule has 30 heavy (non-hydrogen) atoms. The molecule has 2 heterocycles. The Bertz CT molecular complexity index is 879. The van der Waals surface area contributed by atoms with Gasteiger partial charge in [0.25, 0.3) is 0 Å². The summed E-state index contributed by atoms with van der Waals surface area (Å²) in [5.41, 5.74) is 8.14. The van der Waals surface area contributed by atoms with Crippen molar-refractivity contribution in [1.29, 1.82) is 0 Å². The SMILES string of the molecule is NCC1(c2ccc(N3CCN(C(=O)OCc4ccccc4)CC3)cc2)CCOC1=O. The second kappa shape index (κ2) is 8.75. The number of rotatable bonds is 5. The summed E-state index contributed by atoms with van der Waals surface area (Å²) in [6.45, 7) is 3.61. The molecule has 0 aromatic heterocycles. The molecule has 2 aromatic rings. The Morgan fingerprint density at radius 1 is 1.03 bits per heavy atom. The van der Waals surface area contributed by atoms with E-state index in [0.29, 0.717) is 26.1 Å². The highest BCUT2D eigenvalue weighted by Gasteiger charge is 2.45. The molecule has 158 valence electrons. The number of anilines is 1. The minimum absolute atomic E-state index is 0.236. The Labute approximate surface area is 176 Å². The van der Waals surface area contributed by atoms with Crippen LogP contribution in [0.3, 0.4) is 0 Å². The number of hydrogen-bond acceptors (Lipinski definition) is 6. The molecule has 4 rings (SSSR count). The molecule has 2 fully saturated rings. The molecule has 0 saturated carbocycles. The van der Waals surface area contributed by atoms with E-state index in [-0.39, 0.29) is 25.2 Å². The van der Waals surface area contributed by atoms with Crippen LogP contribution in [0, 0.1) is 0 Å². The van der Waals surface area contributed by atoms with Crippen molar-refractivity contribution >= 4 is 17.7 Å². The molecule has 1 amide bonds. The molecule has 2 saturated heterocycles. The Morgan fingerprint density at radius 2 is 1.73 bits per heavy atom. The van der Waals surface area contributed by atoms with Crippen molar-refractivity contribution in [2.45, 2.75) is 18.4 Å². The number of amides is 1.